The Labute approximate surface area is 747 Å². The van der Waals surface area contributed by atoms with Crippen molar-refractivity contribution in [3.05, 3.63) is 246 Å². The van der Waals surface area contributed by atoms with Gasteiger partial charge in [-0.05, 0) is 240 Å². The summed E-state index contributed by atoms with van der Waals surface area (Å²) in [5, 5.41) is 20.3. The Hall–Kier alpha value is -8.81. The Bertz CT molecular complexity index is 5440. The molecular formula is C93H104I2N14O3S6. The standard InChI is InChI=1S/C19H25N5S.C19H23N5S.C18H21NOS.C18H19NOS.C12H10INOS.C7H6INS/c2*1-12-17(13(2)23-24-19(20)21)25-18(22-12)16-10-8-15(9-11-16)14-6-4-3-5-7-14;2*1-12-17(13(2)20)21-18(19-12)16-10-8-15(9-11-16)14-6-4-3-5-7-14;1-7-11(8(2)15)16-12(14-7)9-3-5-10(13)6-4-9;8-6-3-1-5(2-4-6)7(9)10/h8-11,14H,3-7H2,1-2H3,(H4,20,21,24);6,8-11H,3-5,7H2,1-2H3,(H4,20,21,24);8-11,14H,3-7H2,1-2H3;6,8-11H,3-5,7H2,1-2H3;3-6H,1-2H3;1-4H,(H2,9,10)/b2*23-13+;;;;. The maximum Gasteiger partial charge on any atom is 0.211 e. The minimum Gasteiger partial charge on any atom is -0.389 e. The molecule has 0 unspecified atom stereocenters. The van der Waals surface area contributed by atoms with Crippen molar-refractivity contribution in [1.29, 1.82) is 0 Å². The van der Waals surface area contributed by atoms with Gasteiger partial charge in [0.25, 0.3) is 0 Å². The predicted octanol–water partition coefficient (Wildman–Crippen LogP) is 24.7. The molecule has 0 radical (unpaired) electrons. The summed E-state index contributed by atoms with van der Waals surface area (Å²) in [7, 11) is 0. The zero-order valence-corrected chi connectivity index (χ0v) is 77.9. The minimum atomic E-state index is -0.0469. The Morgan fingerprint density at radius 2 is 0.610 bits per heavy atom. The molecule has 2 fully saturated rings. The fourth-order valence-corrected chi connectivity index (χ4v) is 20.1. The zero-order valence-electron chi connectivity index (χ0n) is 68.7. The summed E-state index contributed by atoms with van der Waals surface area (Å²) in [6.07, 6.45) is 28.2. The lowest BCUT2D eigenvalue weighted by atomic mass is 9.84. The lowest BCUT2D eigenvalue weighted by Crippen LogP contribution is -2.22. The molecule has 0 bridgehead atoms. The summed E-state index contributed by atoms with van der Waals surface area (Å²) < 4.78 is 2.39. The van der Waals surface area contributed by atoms with Gasteiger partial charge in [0.15, 0.2) is 17.3 Å². The lowest BCUT2D eigenvalue weighted by molar-refractivity contribution is 0.101. The van der Waals surface area contributed by atoms with Crippen molar-refractivity contribution in [2.45, 2.75) is 197 Å². The smallest absolute Gasteiger partial charge is 0.211 e. The molecular weight excluding hydrogens is 1810 g/mol. The molecule has 614 valence electrons. The van der Waals surface area contributed by atoms with Crippen LogP contribution < -0.4 is 28.7 Å². The van der Waals surface area contributed by atoms with Gasteiger partial charge in [-0.2, -0.15) is 10.2 Å². The van der Waals surface area contributed by atoms with Crippen LogP contribution in [0.25, 0.3) is 64.0 Å². The quantitative estimate of drug-likeness (QED) is 0.0141. The number of nitrogens with zero attached hydrogens (tertiary/aromatic N) is 9. The van der Waals surface area contributed by atoms with Gasteiger partial charge < -0.3 is 28.7 Å². The van der Waals surface area contributed by atoms with Gasteiger partial charge in [-0.25, -0.2) is 24.9 Å². The molecule has 17 nitrogen and oxygen atoms in total. The van der Waals surface area contributed by atoms with E-state index in [2.05, 4.69) is 195 Å². The number of rotatable bonds is 17. The van der Waals surface area contributed by atoms with E-state index < -0.39 is 0 Å². The van der Waals surface area contributed by atoms with Crippen molar-refractivity contribution in [2.75, 3.05) is 0 Å². The van der Waals surface area contributed by atoms with E-state index in [1.165, 1.54) is 190 Å². The maximum atomic E-state index is 11.5. The lowest BCUT2D eigenvalue weighted by Gasteiger charge is -2.21. The van der Waals surface area contributed by atoms with E-state index in [0.29, 0.717) is 4.99 Å². The first-order valence-corrected chi connectivity index (χ1v) is 46.6. The van der Waals surface area contributed by atoms with Crippen LogP contribution in [0.1, 0.15) is 257 Å². The molecule has 0 atom stereocenters. The topological polar surface area (TPSA) is 295 Å². The number of nitrogens with two attached hydrogens (primary N) is 5. The third-order valence-electron chi connectivity index (χ3n) is 20.5. The molecule has 0 aliphatic heterocycles. The molecule has 0 spiro atoms. The normalized spacial score (nSPS) is 14.3. The first-order valence-electron chi connectivity index (χ1n) is 39.9. The van der Waals surface area contributed by atoms with E-state index in [1.807, 2.05) is 97.0 Å². The molecule has 0 saturated heterocycles. The van der Waals surface area contributed by atoms with Gasteiger partial charge in [0.2, 0.25) is 11.9 Å². The zero-order chi connectivity index (χ0) is 84.5. The van der Waals surface area contributed by atoms with Gasteiger partial charge in [0, 0.05) is 61.3 Å². The number of thiazole rings is 5. The van der Waals surface area contributed by atoms with Gasteiger partial charge in [-0.3, -0.25) is 14.4 Å². The van der Waals surface area contributed by atoms with E-state index in [0.717, 1.165) is 135 Å². The number of guanidine groups is 2. The second-order valence-corrected chi connectivity index (χ2v) is 37.6. The van der Waals surface area contributed by atoms with Crippen LogP contribution in [0.2, 0.25) is 0 Å². The Morgan fingerprint density at radius 1 is 0.347 bits per heavy atom. The Balaban J connectivity index is 0.000000152. The number of ketones is 3. The van der Waals surface area contributed by atoms with E-state index >= 15 is 0 Å². The van der Waals surface area contributed by atoms with Crippen molar-refractivity contribution >= 4 is 171 Å². The minimum absolute atomic E-state index is 0.0416. The van der Waals surface area contributed by atoms with Crippen LogP contribution in [-0.2, 0) is 0 Å². The van der Waals surface area contributed by atoms with E-state index in [1.54, 1.807) is 43.4 Å². The van der Waals surface area contributed by atoms with Gasteiger partial charge >= 0.3 is 0 Å². The highest BCUT2D eigenvalue weighted by Crippen LogP contribution is 2.40. The highest BCUT2D eigenvalue weighted by atomic mass is 127. The molecule has 0 amide bonds. The molecule has 5 aromatic heterocycles. The summed E-state index contributed by atoms with van der Waals surface area (Å²) in [6, 6.07) is 51.0. The van der Waals surface area contributed by atoms with Gasteiger partial charge in [-0.1, -0.05) is 184 Å². The third-order valence-corrected chi connectivity index (χ3v) is 28.7. The number of allylic oxidation sites excluding steroid dienone is 4. The first-order chi connectivity index (χ1) is 56.7. The van der Waals surface area contributed by atoms with Crippen LogP contribution in [0.15, 0.2) is 178 Å². The second kappa shape index (κ2) is 45.0. The number of aromatic nitrogens is 5. The first kappa shape index (κ1) is 91.5. The largest absolute Gasteiger partial charge is 0.389 e. The number of aryl methyl sites for hydroxylation is 5. The molecule has 11 aromatic rings. The molecule has 4 aliphatic rings. The molecule has 15 rings (SSSR count). The number of benzene rings is 6. The number of hydrogen-bond acceptors (Lipinski definition) is 18. The average molecular weight is 1910 g/mol. The van der Waals surface area contributed by atoms with Crippen molar-refractivity contribution in [1.82, 2.24) is 24.9 Å². The second-order valence-electron chi connectivity index (χ2n) is 29.7. The van der Waals surface area contributed by atoms with Crippen LogP contribution in [-0.4, -0.2) is 70.6 Å². The summed E-state index contributed by atoms with van der Waals surface area (Å²) in [4.78, 5) is 62.1. The van der Waals surface area contributed by atoms with Crippen LogP contribution in [0.3, 0.4) is 0 Å². The summed E-state index contributed by atoms with van der Waals surface area (Å²) in [6.45, 7) is 18.2. The third kappa shape index (κ3) is 26.6. The number of thiocarbonyl (C=S) groups is 1. The Kier molecular flexibility index (Phi) is 34.9. The summed E-state index contributed by atoms with van der Waals surface area (Å²) in [5.74, 6) is 1.67. The van der Waals surface area contributed by atoms with Crippen LogP contribution in [0, 0.1) is 41.8 Å². The van der Waals surface area contributed by atoms with Crippen molar-refractivity contribution < 1.29 is 14.4 Å². The van der Waals surface area contributed by atoms with Crippen molar-refractivity contribution in [3.8, 4) is 52.9 Å². The van der Waals surface area contributed by atoms with E-state index in [-0.39, 0.29) is 29.3 Å². The molecule has 10 N–H and O–H groups in total. The van der Waals surface area contributed by atoms with Gasteiger partial charge in [0.1, 0.15) is 30.0 Å². The number of halogens is 2. The number of carbonyl (C=O) groups is 3. The highest BCUT2D eigenvalue weighted by molar-refractivity contribution is 14.1. The maximum absolute atomic E-state index is 11.5. The highest BCUT2D eigenvalue weighted by Gasteiger charge is 2.22. The molecule has 118 heavy (non-hydrogen) atoms. The Morgan fingerprint density at radius 3 is 0.873 bits per heavy atom. The summed E-state index contributed by atoms with van der Waals surface area (Å²) in [5.41, 5.74) is 47.6. The van der Waals surface area contributed by atoms with Crippen molar-refractivity contribution in [2.24, 2.45) is 49.1 Å². The summed E-state index contributed by atoms with van der Waals surface area (Å²) >= 11 is 17.0. The molecule has 2 saturated carbocycles. The van der Waals surface area contributed by atoms with Gasteiger partial charge in [0.05, 0.1) is 64.3 Å². The molecule has 4 aliphatic carbocycles. The number of carbonyl (C=O) groups excluding carboxylic acids is 3. The van der Waals surface area contributed by atoms with Crippen LogP contribution in [0.5, 0.6) is 0 Å². The predicted molar refractivity (Wildman–Crippen MR) is 520 cm³/mol. The van der Waals surface area contributed by atoms with Gasteiger partial charge in [-0.15, -0.1) is 66.9 Å². The van der Waals surface area contributed by atoms with Crippen molar-refractivity contribution in [3.63, 3.8) is 0 Å². The number of hydrogen-bond donors (Lipinski definition) is 5. The fourth-order valence-electron chi connectivity index (χ4n) is 14.3. The molecule has 5 heterocycles. The monoisotopic (exact) mass is 1910 g/mol. The van der Waals surface area contributed by atoms with E-state index in [4.69, 9.17) is 45.9 Å². The SMILES string of the molecule is C/C(=N\N=C(N)N)c1sc(-c2ccc(C3=CCCCC3)cc2)nc1C.C/C(=N\N=C(N)N)c1sc(-c2ccc(C3CCCCC3)cc2)nc1C.CC(=O)c1sc(-c2ccc(C3=CCCCC3)cc2)nc1C.CC(=O)c1sc(-c2ccc(C3CCCCC3)cc2)nc1C.CC(=O)c1sc(-c2ccc(I)cc2)nc1C.NC(=S)c1ccc(I)cc1. The number of Topliss-reactive ketones (excluding diaryl/α,β-unsaturated/α-hetero) is 3. The molecule has 25 heteroatoms. The van der Waals surface area contributed by atoms with Crippen LogP contribution in [0.4, 0.5) is 0 Å². The fraction of sp³-hybridized carbons (Fsp3) is 0.323. The average Bonchev–Trinajstić information content (AvgIpc) is 1.73. The molecule has 6 aromatic carbocycles. The van der Waals surface area contributed by atoms with E-state index in [9.17, 15) is 14.4 Å². The van der Waals surface area contributed by atoms with Crippen LogP contribution >= 0.6 is 114 Å².